The molecule has 0 spiro atoms. The zero-order valence-corrected chi connectivity index (χ0v) is 10.8. The van der Waals surface area contributed by atoms with Crippen molar-refractivity contribution in [1.29, 1.82) is 0 Å². The van der Waals surface area contributed by atoms with E-state index in [2.05, 4.69) is 18.7 Å². The van der Waals surface area contributed by atoms with Crippen LogP contribution in [-0.4, -0.2) is 36.2 Å². The summed E-state index contributed by atoms with van der Waals surface area (Å²) in [6.07, 6.45) is 2.20. The van der Waals surface area contributed by atoms with Crippen LogP contribution in [-0.2, 0) is 4.74 Å². The second-order valence-corrected chi connectivity index (χ2v) is 5.03. The van der Waals surface area contributed by atoms with Crippen LogP contribution >= 0.6 is 0 Å². The standard InChI is InChI=1S/C13H22N2O2/c1-9-7-15(8-10(2)17-9)13(11(3)14)12-5-4-6-16-12/h4-6,9-11,13H,7-8,14H2,1-3H3. The fourth-order valence-corrected chi connectivity index (χ4v) is 2.68. The SMILES string of the molecule is CC1CN(C(c2ccco2)C(C)N)CC(C)O1. The van der Waals surface area contributed by atoms with E-state index in [0.717, 1.165) is 18.8 Å². The van der Waals surface area contributed by atoms with E-state index in [1.165, 1.54) is 0 Å². The van der Waals surface area contributed by atoms with Gasteiger partial charge in [0, 0.05) is 19.1 Å². The molecule has 1 aromatic heterocycles. The first-order chi connectivity index (χ1) is 8.08. The average Bonchev–Trinajstić information content (AvgIpc) is 2.68. The molecule has 1 aliphatic heterocycles. The van der Waals surface area contributed by atoms with Crippen molar-refractivity contribution >= 4 is 0 Å². The van der Waals surface area contributed by atoms with E-state index in [1.807, 2.05) is 19.1 Å². The Morgan fingerprint density at radius 3 is 2.47 bits per heavy atom. The van der Waals surface area contributed by atoms with Gasteiger partial charge in [0.1, 0.15) is 5.76 Å². The van der Waals surface area contributed by atoms with Crippen molar-refractivity contribution in [3.05, 3.63) is 24.2 Å². The van der Waals surface area contributed by atoms with Crippen molar-refractivity contribution in [3.63, 3.8) is 0 Å². The van der Waals surface area contributed by atoms with E-state index in [9.17, 15) is 0 Å². The van der Waals surface area contributed by atoms with Gasteiger partial charge < -0.3 is 14.9 Å². The van der Waals surface area contributed by atoms with Crippen LogP contribution in [0.5, 0.6) is 0 Å². The molecule has 0 amide bonds. The van der Waals surface area contributed by atoms with Gasteiger partial charge in [0.25, 0.3) is 0 Å². The molecule has 2 heterocycles. The van der Waals surface area contributed by atoms with Crippen molar-refractivity contribution in [1.82, 2.24) is 4.90 Å². The van der Waals surface area contributed by atoms with Crippen molar-refractivity contribution in [2.45, 2.75) is 45.1 Å². The van der Waals surface area contributed by atoms with E-state index in [1.54, 1.807) is 6.26 Å². The quantitative estimate of drug-likeness (QED) is 0.872. The van der Waals surface area contributed by atoms with Crippen LogP contribution in [0.2, 0.25) is 0 Å². The molecule has 4 heteroatoms. The highest BCUT2D eigenvalue weighted by Crippen LogP contribution is 2.27. The molecule has 17 heavy (non-hydrogen) atoms. The van der Waals surface area contributed by atoms with Gasteiger partial charge in [-0.15, -0.1) is 0 Å². The lowest BCUT2D eigenvalue weighted by Gasteiger charge is -2.40. The Labute approximate surface area is 103 Å². The average molecular weight is 238 g/mol. The topological polar surface area (TPSA) is 51.6 Å². The van der Waals surface area contributed by atoms with Crippen LogP contribution in [0.3, 0.4) is 0 Å². The van der Waals surface area contributed by atoms with Crippen molar-refractivity contribution in [3.8, 4) is 0 Å². The first-order valence-corrected chi connectivity index (χ1v) is 6.26. The molecule has 0 saturated carbocycles. The number of morpholine rings is 1. The summed E-state index contributed by atoms with van der Waals surface area (Å²) in [5.41, 5.74) is 6.11. The van der Waals surface area contributed by atoms with Crippen molar-refractivity contribution in [2.24, 2.45) is 5.73 Å². The van der Waals surface area contributed by atoms with Crippen molar-refractivity contribution in [2.75, 3.05) is 13.1 Å². The van der Waals surface area contributed by atoms with E-state index >= 15 is 0 Å². The summed E-state index contributed by atoms with van der Waals surface area (Å²) in [6.45, 7) is 8.03. The molecular weight excluding hydrogens is 216 g/mol. The van der Waals surface area contributed by atoms with E-state index in [-0.39, 0.29) is 24.3 Å². The number of nitrogens with zero attached hydrogens (tertiary/aromatic N) is 1. The lowest BCUT2D eigenvalue weighted by Crippen LogP contribution is -2.50. The largest absolute Gasteiger partial charge is 0.468 e. The fourth-order valence-electron chi connectivity index (χ4n) is 2.68. The Kier molecular flexibility index (Phi) is 3.86. The first kappa shape index (κ1) is 12.6. The number of hydrogen-bond acceptors (Lipinski definition) is 4. The molecule has 1 saturated heterocycles. The highest BCUT2D eigenvalue weighted by Gasteiger charge is 2.32. The molecule has 0 aliphatic carbocycles. The molecule has 0 radical (unpaired) electrons. The third-order valence-corrected chi connectivity index (χ3v) is 3.17. The summed E-state index contributed by atoms with van der Waals surface area (Å²) in [6, 6.07) is 4.09. The van der Waals surface area contributed by atoms with Gasteiger partial charge >= 0.3 is 0 Å². The summed E-state index contributed by atoms with van der Waals surface area (Å²) in [5, 5.41) is 0. The molecule has 4 unspecified atom stereocenters. The first-order valence-electron chi connectivity index (χ1n) is 6.26. The van der Waals surface area contributed by atoms with Crippen LogP contribution in [0.15, 0.2) is 22.8 Å². The molecular formula is C13H22N2O2. The smallest absolute Gasteiger partial charge is 0.122 e. The van der Waals surface area contributed by atoms with Crippen molar-refractivity contribution < 1.29 is 9.15 Å². The maximum Gasteiger partial charge on any atom is 0.122 e. The summed E-state index contributed by atoms with van der Waals surface area (Å²) in [5.74, 6) is 0.946. The molecule has 2 N–H and O–H groups in total. The van der Waals surface area contributed by atoms with Gasteiger partial charge in [-0.05, 0) is 32.9 Å². The minimum atomic E-state index is 0.0404. The maximum absolute atomic E-state index is 6.11. The highest BCUT2D eigenvalue weighted by molar-refractivity contribution is 5.08. The molecule has 96 valence electrons. The molecule has 2 rings (SSSR count). The summed E-state index contributed by atoms with van der Waals surface area (Å²) >= 11 is 0. The van der Waals surface area contributed by atoms with Crippen LogP contribution in [0, 0.1) is 0 Å². The number of nitrogens with two attached hydrogens (primary N) is 1. The van der Waals surface area contributed by atoms with E-state index in [4.69, 9.17) is 14.9 Å². The maximum atomic E-state index is 6.11. The Morgan fingerprint density at radius 1 is 1.35 bits per heavy atom. The summed E-state index contributed by atoms with van der Waals surface area (Å²) in [7, 11) is 0. The highest BCUT2D eigenvalue weighted by atomic mass is 16.5. The number of ether oxygens (including phenoxy) is 1. The minimum absolute atomic E-state index is 0.0404. The third-order valence-electron chi connectivity index (χ3n) is 3.17. The third kappa shape index (κ3) is 2.89. The lowest BCUT2D eigenvalue weighted by molar-refractivity contribution is -0.0853. The molecule has 1 fully saturated rings. The monoisotopic (exact) mass is 238 g/mol. The zero-order valence-electron chi connectivity index (χ0n) is 10.8. The van der Waals surface area contributed by atoms with Gasteiger partial charge in [-0.1, -0.05) is 0 Å². The minimum Gasteiger partial charge on any atom is -0.468 e. The molecule has 4 nitrogen and oxygen atoms in total. The molecule has 0 bridgehead atoms. The molecule has 1 aliphatic rings. The lowest BCUT2D eigenvalue weighted by atomic mass is 10.0. The van der Waals surface area contributed by atoms with Gasteiger partial charge in [0.05, 0.1) is 24.5 Å². The molecule has 4 atom stereocenters. The van der Waals surface area contributed by atoms with Gasteiger partial charge in [0.15, 0.2) is 0 Å². The van der Waals surface area contributed by atoms with Crippen LogP contribution in [0.1, 0.15) is 32.6 Å². The van der Waals surface area contributed by atoms with Gasteiger partial charge in [-0.25, -0.2) is 0 Å². The number of furan rings is 1. The van der Waals surface area contributed by atoms with E-state index in [0.29, 0.717) is 0 Å². The van der Waals surface area contributed by atoms with Crippen LogP contribution < -0.4 is 5.73 Å². The number of rotatable bonds is 3. The van der Waals surface area contributed by atoms with Gasteiger partial charge in [-0.3, -0.25) is 4.90 Å². The normalized spacial score (nSPS) is 30.1. The Bertz CT molecular complexity index is 327. The van der Waals surface area contributed by atoms with Gasteiger partial charge in [-0.2, -0.15) is 0 Å². The molecule has 0 aromatic carbocycles. The zero-order chi connectivity index (χ0) is 12.4. The molecule has 1 aromatic rings. The Hall–Kier alpha value is -0.840. The summed E-state index contributed by atoms with van der Waals surface area (Å²) in [4.78, 5) is 2.36. The van der Waals surface area contributed by atoms with Crippen LogP contribution in [0.4, 0.5) is 0 Å². The van der Waals surface area contributed by atoms with Gasteiger partial charge in [0.2, 0.25) is 0 Å². The Balaban J connectivity index is 2.16. The van der Waals surface area contributed by atoms with E-state index < -0.39 is 0 Å². The second-order valence-electron chi connectivity index (χ2n) is 5.03. The summed E-state index contributed by atoms with van der Waals surface area (Å²) < 4.78 is 11.3. The predicted molar refractivity (Wildman–Crippen MR) is 66.7 cm³/mol. The fraction of sp³-hybridized carbons (Fsp3) is 0.692. The Morgan fingerprint density at radius 2 is 2.00 bits per heavy atom. The van der Waals surface area contributed by atoms with Crippen LogP contribution in [0.25, 0.3) is 0 Å². The predicted octanol–water partition coefficient (Wildman–Crippen LogP) is 1.78. The number of hydrogen-bond donors (Lipinski definition) is 1. The second kappa shape index (κ2) is 5.21.